The number of hydrogen-bond acceptors (Lipinski definition) is 7. The van der Waals surface area contributed by atoms with Crippen molar-refractivity contribution in [3.8, 4) is 0 Å². The molecule has 2 N–H and O–H groups in total. The highest BCUT2D eigenvalue weighted by molar-refractivity contribution is 7.99. The predicted octanol–water partition coefficient (Wildman–Crippen LogP) is 7.13. The molecule has 4 atom stereocenters. The van der Waals surface area contributed by atoms with Crippen molar-refractivity contribution < 1.29 is 29.2 Å². The lowest BCUT2D eigenvalue weighted by Crippen LogP contribution is -2.49. The predicted molar refractivity (Wildman–Crippen MR) is 181 cm³/mol. The normalized spacial score (nSPS) is 13.4. The molecule has 0 unspecified atom stereocenters. The van der Waals surface area contributed by atoms with E-state index in [0.29, 0.717) is 12.9 Å². The third kappa shape index (κ3) is 12.4. The molecule has 46 heavy (non-hydrogen) atoms. The second-order valence-corrected chi connectivity index (χ2v) is 11.6. The minimum Gasteiger partial charge on any atom is -0.388 e. The maximum absolute atomic E-state index is 11.5. The van der Waals surface area contributed by atoms with E-state index in [2.05, 4.69) is 48.5 Å². The van der Waals surface area contributed by atoms with Crippen molar-refractivity contribution in [3.05, 3.63) is 168 Å². The van der Waals surface area contributed by atoms with Gasteiger partial charge in [0.2, 0.25) is 0 Å². The van der Waals surface area contributed by atoms with E-state index in [9.17, 15) is 15.0 Å². The second-order valence-electron chi connectivity index (χ2n) is 10.4. The summed E-state index contributed by atoms with van der Waals surface area (Å²) in [6.45, 7) is 0.595. The largest absolute Gasteiger partial charge is 0.388 e. The topological polar surface area (TPSA) is 85.2 Å². The molecule has 238 valence electrons. The first-order chi connectivity index (χ1) is 22.6. The molecule has 5 aromatic carbocycles. The lowest BCUT2D eigenvalue weighted by atomic mass is 10.0. The zero-order valence-corrected chi connectivity index (χ0v) is 26.4. The Morgan fingerprint density at radius 3 is 1.30 bits per heavy atom. The van der Waals surface area contributed by atoms with Gasteiger partial charge in [-0.05, 0) is 41.0 Å². The van der Waals surface area contributed by atoms with Gasteiger partial charge in [0.25, 0.3) is 0 Å². The molecule has 0 radical (unpaired) electrons. The Hall–Kier alpha value is -4.08. The average molecular weight is 637 g/mol. The van der Waals surface area contributed by atoms with Crippen LogP contribution in [0.3, 0.4) is 0 Å². The highest BCUT2D eigenvalue weighted by atomic mass is 32.2. The summed E-state index contributed by atoms with van der Waals surface area (Å²) in [4.78, 5) is 14.0. The minimum absolute atomic E-state index is 0.0505. The van der Waals surface area contributed by atoms with Gasteiger partial charge >= 0.3 is 0 Å². The second kappa shape index (κ2) is 20.1. The van der Waals surface area contributed by atoms with Gasteiger partial charge < -0.3 is 29.2 Å². The summed E-state index contributed by atoms with van der Waals surface area (Å²) in [5.74, 6) is 0. The van der Waals surface area contributed by atoms with Gasteiger partial charge in [-0.15, -0.1) is 0 Å². The molecule has 0 fully saturated rings. The third-order valence-electron chi connectivity index (χ3n) is 6.87. The van der Waals surface area contributed by atoms with Gasteiger partial charge in [-0.3, -0.25) is 0 Å². The fourth-order valence-electron chi connectivity index (χ4n) is 4.50. The van der Waals surface area contributed by atoms with Crippen LogP contribution in [0.4, 0.5) is 0 Å². The fraction of sp³-hybridized carbons (Fsp3) is 0.205. The monoisotopic (exact) mass is 636 g/mol. The molecule has 0 saturated carbocycles. The third-order valence-corrected chi connectivity index (χ3v) is 7.89. The fourth-order valence-corrected chi connectivity index (χ4v) is 5.36. The number of carbonyl (C=O) groups is 1. The summed E-state index contributed by atoms with van der Waals surface area (Å²) in [7, 11) is 0. The Morgan fingerprint density at radius 1 is 0.522 bits per heavy atom. The summed E-state index contributed by atoms with van der Waals surface area (Å²) < 4.78 is 17.6. The summed E-state index contributed by atoms with van der Waals surface area (Å²) in [5.41, 5.74) is 2.73. The molecule has 0 heterocycles. The Bertz CT molecular complexity index is 1450. The van der Waals surface area contributed by atoms with Crippen LogP contribution in [-0.2, 0) is 38.8 Å². The molecule has 5 aromatic rings. The molecule has 0 aromatic heterocycles. The quantitative estimate of drug-likeness (QED) is 0.112. The van der Waals surface area contributed by atoms with Crippen molar-refractivity contribution in [1.29, 1.82) is 0 Å². The lowest BCUT2D eigenvalue weighted by Gasteiger charge is -2.32. The Morgan fingerprint density at radius 2 is 0.891 bits per heavy atom. The summed E-state index contributed by atoms with van der Waals surface area (Å²) in [5, 5.41) is 21.3. The van der Waals surface area contributed by atoms with E-state index < -0.39 is 24.4 Å². The van der Waals surface area contributed by atoms with Crippen LogP contribution in [0.25, 0.3) is 0 Å². The number of rotatable bonds is 16. The summed E-state index contributed by atoms with van der Waals surface area (Å²) >= 11 is 1.79. The van der Waals surface area contributed by atoms with Gasteiger partial charge in [0.1, 0.15) is 24.4 Å². The van der Waals surface area contributed by atoms with E-state index in [1.54, 1.807) is 11.8 Å². The van der Waals surface area contributed by atoms with Crippen molar-refractivity contribution in [2.45, 2.75) is 54.0 Å². The Balaban J connectivity index is 0.000000305. The van der Waals surface area contributed by atoms with Gasteiger partial charge in [0.15, 0.2) is 6.29 Å². The van der Waals surface area contributed by atoms with Crippen molar-refractivity contribution in [3.63, 3.8) is 0 Å². The van der Waals surface area contributed by atoms with Gasteiger partial charge in [-0.1, -0.05) is 139 Å². The molecule has 0 saturated heterocycles. The Labute approximate surface area is 275 Å². The number of aldehydes is 1. The van der Waals surface area contributed by atoms with Crippen LogP contribution in [-0.4, -0.2) is 47.5 Å². The van der Waals surface area contributed by atoms with E-state index in [-0.39, 0.29) is 19.8 Å². The van der Waals surface area contributed by atoms with E-state index in [1.165, 1.54) is 9.79 Å². The van der Waals surface area contributed by atoms with Gasteiger partial charge in [0, 0.05) is 9.79 Å². The molecule has 0 bridgehead atoms. The van der Waals surface area contributed by atoms with Crippen LogP contribution >= 0.6 is 11.8 Å². The Kier molecular flexibility index (Phi) is 15.2. The number of carbonyl (C=O) groups excluding carboxylic acids is 1. The maximum Gasteiger partial charge on any atom is 0.151 e. The van der Waals surface area contributed by atoms with Crippen molar-refractivity contribution in [2.75, 3.05) is 6.61 Å². The molecule has 7 heteroatoms. The van der Waals surface area contributed by atoms with Crippen molar-refractivity contribution in [1.82, 2.24) is 0 Å². The standard InChI is InChI=1S/C27H30O6.C12H10S/c28-16-24(29)26(32-18-22-12-6-2-7-13-22)27(33-19-23-14-8-3-9-15-23)25(30)20-31-17-21-10-4-1-5-11-21;1-3-7-11(8-4-1)13-12-9-5-2-6-10-12/h1-16,24-27,29-30H,17-20H2;1-10H/t24-,25+,26+,27+;/m0./s1. The molecule has 0 spiro atoms. The summed E-state index contributed by atoms with van der Waals surface area (Å²) in [6.07, 6.45) is -4.29. The first kappa shape index (κ1) is 34.8. The number of benzene rings is 5. The number of aliphatic hydroxyl groups is 2. The van der Waals surface area contributed by atoms with Gasteiger partial charge in [-0.25, -0.2) is 0 Å². The summed E-state index contributed by atoms with van der Waals surface area (Å²) in [6, 6.07) is 49.3. The van der Waals surface area contributed by atoms with Crippen LogP contribution in [0.15, 0.2) is 161 Å². The van der Waals surface area contributed by atoms with E-state index in [4.69, 9.17) is 14.2 Å². The van der Waals surface area contributed by atoms with Crippen LogP contribution in [0.5, 0.6) is 0 Å². The molecule has 0 aliphatic heterocycles. The van der Waals surface area contributed by atoms with Crippen LogP contribution in [0, 0.1) is 0 Å². The SMILES string of the molecule is O=C[C@H](O)[C@@H](OCc1ccccc1)[C@H](OCc1ccccc1)[C@H](O)COCc1ccccc1.c1ccc(Sc2ccccc2)cc1. The molecule has 0 aliphatic carbocycles. The number of ether oxygens (including phenoxy) is 3. The molecule has 5 rings (SSSR count). The molecule has 6 nitrogen and oxygen atoms in total. The van der Waals surface area contributed by atoms with Crippen LogP contribution in [0.1, 0.15) is 16.7 Å². The average Bonchev–Trinajstić information content (AvgIpc) is 3.12. The van der Waals surface area contributed by atoms with Crippen molar-refractivity contribution in [2.24, 2.45) is 0 Å². The highest BCUT2D eigenvalue weighted by Crippen LogP contribution is 2.26. The molecular formula is C39H40O6S. The number of aliphatic hydroxyl groups excluding tert-OH is 2. The van der Waals surface area contributed by atoms with E-state index >= 15 is 0 Å². The van der Waals surface area contributed by atoms with Crippen LogP contribution in [0.2, 0.25) is 0 Å². The lowest BCUT2D eigenvalue weighted by molar-refractivity contribution is -0.176. The number of hydrogen-bond donors (Lipinski definition) is 2. The first-order valence-corrected chi connectivity index (χ1v) is 16.0. The van der Waals surface area contributed by atoms with E-state index in [0.717, 1.165) is 16.7 Å². The van der Waals surface area contributed by atoms with E-state index in [1.807, 2.05) is 103 Å². The maximum atomic E-state index is 11.5. The smallest absolute Gasteiger partial charge is 0.151 e. The first-order valence-electron chi connectivity index (χ1n) is 15.1. The molecule has 0 aliphatic rings. The zero-order chi connectivity index (χ0) is 32.2. The molecular weight excluding hydrogens is 596 g/mol. The van der Waals surface area contributed by atoms with Crippen LogP contribution < -0.4 is 0 Å². The zero-order valence-electron chi connectivity index (χ0n) is 25.6. The van der Waals surface area contributed by atoms with Crippen molar-refractivity contribution >= 4 is 18.0 Å². The van der Waals surface area contributed by atoms with Gasteiger partial charge in [-0.2, -0.15) is 0 Å². The minimum atomic E-state index is -1.47. The highest BCUT2D eigenvalue weighted by Gasteiger charge is 2.35. The van der Waals surface area contributed by atoms with Gasteiger partial charge in [0.05, 0.1) is 26.4 Å². The molecule has 0 amide bonds.